The Labute approximate surface area is 160 Å². The molecule has 0 aliphatic rings. The van der Waals surface area contributed by atoms with Crippen LogP contribution in [0.5, 0.6) is 5.88 Å². The summed E-state index contributed by atoms with van der Waals surface area (Å²) in [4.78, 5) is 23.9. The first-order valence-electron chi connectivity index (χ1n) is 8.69. The maximum atomic E-state index is 13.6. The van der Waals surface area contributed by atoms with Gasteiger partial charge in [-0.05, 0) is 32.0 Å². The van der Waals surface area contributed by atoms with Gasteiger partial charge in [0.2, 0.25) is 5.88 Å². The Hall–Kier alpha value is -3.55. The highest BCUT2D eigenvalue weighted by Crippen LogP contribution is 2.40. The molecule has 3 rings (SSSR count). The van der Waals surface area contributed by atoms with Crippen molar-refractivity contribution in [2.45, 2.75) is 19.9 Å². The largest absolute Gasteiger partial charge is 0.493 e. The number of hydrogen-bond acceptors (Lipinski definition) is 4. The molecule has 0 saturated heterocycles. The van der Waals surface area contributed by atoms with Gasteiger partial charge >= 0.3 is 0 Å². The van der Waals surface area contributed by atoms with Crippen LogP contribution >= 0.6 is 0 Å². The molecule has 0 aliphatic carbocycles. The molecule has 144 valence electrons. The smallest absolute Gasteiger partial charge is 0.283 e. The minimum Gasteiger partial charge on any atom is -0.493 e. The molecule has 1 heterocycles. The quantitative estimate of drug-likeness (QED) is 0.650. The zero-order valence-electron chi connectivity index (χ0n) is 15.4. The molecule has 0 atom stereocenters. The van der Waals surface area contributed by atoms with Crippen LogP contribution < -0.4 is 5.32 Å². The molecule has 0 radical (unpaired) electrons. The van der Waals surface area contributed by atoms with Crippen molar-refractivity contribution in [1.29, 1.82) is 0 Å². The molecule has 2 amide bonds. The fraction of sp³-hybridized carbons (Fsp3) is 0.200. The Morgan fingerprint density at radius 2 is 1.82 bits per heavy atom. The third-order valence-corrected chi connectivity index (χ3v) is 4.16. The summed E-state index contributed by atoms with van der Waals surface area (Å²) in [5, 5.41) is 20.9. The molecule has 2 aromatic carbocycles. The number of fused-ring (bicyclic) bond motifs is 1. The summed E-state index contributed by atoms with van der Waals surface area (Å²) in [5.74, 6) is -2.23. The van der Waals surface area contributed by atoms with Crippen LogP contribution in [0.3, 0.4) is 0 Å². The number of benzene rings is 2. The maximum Gasteiger partial charge on any atom is 0.283 e. The third-order valence-electron chi connectivity index (χ3n) is 4.16. The van der Waals surface area contributed by atoms with Crippen LogP contribution in [-0.2, 0) is 4.79 Å². The van der Waals surface area contributed by atoms with Gasteiger partial charge in [0.25, 0.3) is 11.8 Å². The zero-order valence-corrected chi connectivity index (χ0v) is 15.4. The molecule has 28 heavy (non-hydrogen) atoms. The van der Waals surface area contributed by atoms with E-state index in [2.05, 4.69) is 15.5 Å². The number of carbonyl (C=O) groups excluding carboxylic acids is 2. The van der Waals surface area contributed by atoms with E-state index in [1.807, 2.05) is 26.0 Å². The summed E-state index contributed by atoms with van der Waals surface area (Å²) in [5.41, 5.74) is 0.784. The fourth-order valence-electron chi connectivity index (χ4n) is 2.89. The lowest BCUT2D eigenvalue weighted by Crippen LogP contribution is -2.29. The Morgan fingerprint density at radius 3 is 2.54 bits per heavy atom. The van der Waals surface area contributed by atoms with Gasteiger partial charge in [0.1, 0.15) is 12.4 Å². The summed E-state index contributed by atoms with van der Waals surface area (Å²) < 4.78 is 15.3. The summed E-state index contributed by atoms with van der Waals surface area (Å²) in [6.45, 7) is 3.38. The van der Waals surface area contributed by atoms with E-state index in [9.17, 15) is 19.1 Å². The molecule has 0 aliphatic heterocycles. The number of hydrogen-bond donors (Lipinski definition) is 2. The first-order valence-corrected chi connectivity index (χ1v) is 8.69. The Bertz CT molecular complexity index is 1070. The standard InChI is InChI=1S/C20H19FN4O3/c1-12(2)25-16-10-6-4-8-14(16)18(20(25)28)24-23-17(26)11-22-19(27)13-7-3-5-9-15(13)21/h3-10,12,28H,11H2,1-2H3,(H,22,27). The van der Waals surface area contributed by atoms with Gasteiger partial charge in [-0.1, -0.05) is 30.3 Å². The summed E-state index contributed by atoms with van der Waals surface area (Å²) in [7, 11) is 0. The summed E-state index contributed by atoms with van der Waals surface area (Å²) in [6, 6.07) is 12.7. The van der Waals surface area contributed by atoms with Gasteiger partial charge in [-0.2, -0.15) is 0 Å². The molecule has 1 aromatic heterocycles. The number of aromatic nitrogens is 1. The fourth-order valence-corrected chi connectivity index (χ4v) is 2.89. The molecule has 2 N–H and O–H groups in total. The number of para-hydroxylation sites is 1. The van der Waals surface area contributed by atoms with E-state index in [1.54, 1.807) is 16.7 Å². The van der Waals surface area contributed by atoms with Gasteiger partial charge in [-0.25, -0.2) is 4.39 Å². The van der Waals surface area contributed by atoms with Crippen LogP contribution in [0.25, 0.3) is 10.9 Å². The molecule has 0 unspecified atom stereocenters. The number of aromatic hydroxyl groups is 1. The Morgan fingerprint density at radius 1 is 1.14 bits per heavy atom. The van der Waals surface area contributed by atoms with Gasteiger partial charge in [0, 0.05) is 11.4 Å². The van der Waals surface area contributed by atoms with Crippen molar-refractivity contribution in [3.05, 3.63) is 59.9 Å². The normalized spacial score (nSPS) is 11.4. The van der Waals surface area contributed by atoms with Gasteiger partial charge in [0.15, 0.2) is 5.69 Å². The number of rotatable bonds is 5. The number of halogens is 1. The third kappa shape index (κ3) is 3.75. The van der Waals surface area contributed by atoms with Crippen molar-refractivity contribution in [2.75, 3.05) is 6.54 Å². The zero-order chi connectivity index (χ0) is 20.3. The molecule has 0 bridgehead atoms. The van der Waals surface area contributed by atoms with Crippen molar-refractivity contribution in [3.63, 3.8) is 0 Å². The van der Waals surface area contributed by atoms with E-state index in [-0.39, 0.29) is 23.2 Å². The molecule has 0 saturated carbocycles. The predicted molar refractivity (Wildman–Crippen MR) is 102 cm³/mol. The van der Waals surface area contributed by atoms with Crippen molar-refractivity contribution in [2.24, 2.45) is 10.2 Å². The number of azo groups is 1. The minimum atomic E-state index is -0.731. The number of carbonyl (C=O) groups is 2. The van der Waals surface area contributed by atoms with Crippen molar-refractivity contribution in [3.8, 4) is 5.88 Å². The Kier molecular flexibility index (Phi) is 5.49. The number of nitrogens with one attached hydrogen (secondary N) is 1. The molecule has 0 fully saturated rings. The highest BCUT2D eigenvalue weighted by atomic mass is 19.1. The summed E-state index contributed by atoms with van der Waals surface area (Å²) in [6.07, 6.45) is 0. The lowest BCUT2D eigenvalue weighted by atomic mass is 10.2. The van der Waals surface area contributed by atoms with Crippen molar-refractivity contribution >= 4 is 28.4 Å². The molecule has 8 heteroatoms. The van der Waals surface area contributed by atoms with Gasteiger partial charge in [-0.15, -0.1) is 10.2 Å². The van der Waals surface area contributed by atoms with Crippen molar-refractivity contribution in [1.82, 2.24) is 9.88 Å². The van der Waals surface area contributed by atoms with E-state index in [0.717, 1.165) is 11.6 Å². The second kappa shape index (κ2) is 7.99. The predicted octanol–water partition coefficient (Wildman–Crippen LogP) is 4.11. The molecular weight excluding hydrogens is 363 g/mol. The number of nitrogens with zero attached hydrogens (tertiary/aromatic N) is 3. The highest BCUT2D eigenvalue weighted by molar-refractivity contribution is 5.97. The van der Waals surface area contributed by atoms with Crippen molar-refractivity contribution < 1.29 is 19.1 Å². The first-order chi connectivity index (χ1) is 13.4. The second-order valence-corrected chi connectivity index (χ2v) is 6.41. The highest BCUT2D eigenvalue weighted by Gasteiger charge is 2.18. The topological polar surface area (TPSA) is 96.0 Å². The molecular formula is C20H19FN4O3. The first kappa shape index (κ1) is 19.2. The van der Waals surface area contributed by atoms with E-state index < -0.39 is 24.2 Å². The lowest BCUT2D eigenvalue weighted by Gasteiger charge is -2.10. The monoisotopic (exact) mass is 382 g/mol. The van der Waals surface area contributed by atoms with Crippen LogP contribution in [0, 0.1) is 5.82 Å². The summed E-state index contributed by atoms with van der Waals surface area (Å²) >= 11 is 0. The minimum absolute atomic E-state index is 0.0235. The van der Waals surface area contributed by atoms with Crippen LogP contribution in [-0.4, -0.2) is 28.0 Å². The Balaban J connectivity index is 1.75. The van der Waals surface area contributed by atoms with Crippen LogP contribution in [0.1, 0.15) is 30.2 Å². The molecule has 0 spiro atoms. The van der Waals surface area contributed by atoms with Crippen LogP contribution in [0.2, 0.25) is 0 Å². The van der Waals surface area contributed by atoms with E-state index in [0.29, 0.717) is 5.39 Å². The van der Waals surface area contributed by atoms with Gasteiger partial charge in [0.05, 0.1) is 11.1 Å². The molecule has 7 nitrogen and oxygen atoms in total. The average Bonchev–Trinajstić information content (AvgIpc) is 2.96. The average molecular weight is 382 g/mol. The number of amides is 2. The van der Waals surface area contributed by atoms with Gasteiger partial charge < -0.3 is 15.0 Å². The van der Waals surface area contributed by atoms with Gasteiger partial charge in [-0.3, -0.25) is 9.59 Å². The maximum absolute atomic E-state index is 13.6. The van der Waals surface area contributed by atoms with E-state index in [1.165, 1.54) is 18.2 Å². The van der Waals surface area contributed by atoms with Crippen LogP contribution in [0.4, 0.5) is 10.1 Å². The van der Waals surface area contributed by atoms with E-state index >= 15 is 0 Å². The van der Waals surface area contributed by atoms with Crippen LogP contribution in [0.15, 0.2) is 58.8 Å². The lowest BCUT2D eigenvalue weighted by molar-refractivity contribution is -0.117. The second-order valence-electron chi connectivity index (χ2n) is 6.41. The SMILES string of the molecule is CC(C)n1c(O)c(N=NC(=O)CNC(=O)c2ccccc2F)c2ccccc21. The van der Waals surface area contributed by atoms with E-state index in [4.69, 9.17) is 0 Å². The molecule has 3 aromatic rings.